The Morgan fingerprint density at radius 1 is 1.27 bits per heavy atom. The van der Waals surface area contributed by atoms with E-state index in [0.29, 0.717) is 25.9 Å². The fraction of sp³-hybridized carbons (Fsp3) is 0.438. The molecule has 1 aromatic rings. The van der Waals surface area contributed by atoms with Gasteiger partial charge in [-0.1, -0.05) is 18.2 Å². The number of carbonyl (C=O) groups excluding carboxylic acids is 2. The summed E-state index contributed by atoms with van der Waals surface area (Å²) < 4.78 is 0. The molecule has 116 valence electrons. The number of fused-ring (bicyclic) bond motifs is 1. The number of carbonyl (C=O) groups is 3. The second kappa shape index (κ2) is 5.88. The molecule has 2 amide bonds. The summed E-state index contributed by atoms with van der Waals surface area (Å²) in [6.45, 7) is 1.38. The minimum Gasteiger partial charge on any atom is -0.480 e. The summed E-state index contributed by atoms with van der Waals surface area (Å²) in [6, 6.07) is 5.93. The molecule has 0 radical (unpaired) electrons. The molecule has 0 spiro atoms. The van der Waals surface area contributed by atoms with Crippen molar-refractivity contribution in [2.45, 2.75) is 31.7 Å². The highest BCUT2D eigenvalue weighted by Gasteiger charge is 2.29. The molecule has 2 aliphatic heterocycles. The largest absolute Gasteiger partial charge is 0.480 e. The minimum atomic E-state index is -0.816. The van der Waals surface area contributed by atoms with E-state index in [1.807, 2.05) is 23.1 Å². The zero-order chi connectivity index (χ0) is 15.7. The second-order valence-electron chi connectivity index (χ2n) is 5.89. The van der Waals surface area contributed by atoms with E-state index in [9.17, 15) is 14.4 Å². The van der Waals surface area contributed by atoms with Gasteiger partial charge in [0.2, 0.25) is 11.8 Å². The number of amides is 2. The van der Waals surface area contributed by atoms with E-state index in [2.05, 4.69) is 5.32 Å². The van der Waals surface area contributed by atoms with Gasteiger partial charge in [-0.25, -0.2) is 0 Å². The van der Waals surface area contributed by atoms with Gasteiger partial charge >= 0.3 is 5.97 Å². The predicted molar refractivity (Wildman–Crippen MR) is 78.2 cm³/mol. The van der Waals surface area contributed by atoms with Crippen LogP contribution in [0.25, 0.3) is 0 Å². The third-order valence-electron chi connectivity index (χ3n) is 4.32. The van der Waals surface area contributed by atoms with Crippen LogP contribution >= 0.6 is 0 Å². The van der Waals surface area contributed by atoms with Crippen LogP contribution < -0.4 is 5.32 Å². The zero-order valence-electron chi connectivity index (χ0n) is 12.2. The number of piperidine rings is 1. The number of benzene rings is 1. The molecule has 0 unspecified atom stereocenters. The van der Waals surface area contributed by atoms with Crippen LogP contribution in [0.5, 0.6) is 0 Å². The highest BCUT2D eigenvalue weighted by Crippen LogP contribution is 2.28. The number of nitrogens with zero attached hydrogens (tertiary/aromatic N) is 1. The molecule has 1 atom stereocenters. The molecule has 2 heterocycles. The minimum absolute atomic E-state index is 0.0499. The van der Waals surface area contributed by atoms with Crippen LogP contribution in [0.3, 0.4) is 0 Å². The predicted octanol–water partition coefficient (Wildman–Crippen LogP) is 0.649. The van der Waals surface area contributed by atoms with Gasteiger partial charge in [-0.15, -0.1) is 0 Å². The van der Waals surface area contributed by atoms with Crippen molar-refractivity contribution in [3.8, 4) is 0 Å². The third-order valence-corrected chi connectivity index (χ3v) is 4.32. The van der Waals surface area contributed by atoms with Crippen LogP contribution in [0, 0.1) is 0 Å². The Hall–Kier alpha value is -2.21. The molecule has 6 heteroatoms. The first-order chi connectivity index (χ1) is 10.5. The Morgan fingerprint density at radius 2 is 2.09 bits per heavy atom. The molecular weight excluding hydrogens is 284 g/mol. The fourth-order valence-electron chi connectivity index (χ4n) is 3.19. The number of hydrogen-bond donors (Lipinski definition) is 2. The summed E-state index contributed by atoms with van der Waals surface area (Å²) in [5.74, 6) is -1.51. The maximum Gasteiger partial charge on any atom is 0.317 e. The van der Waals surface area contributed by atoms with E-state index in [4.69, 9.17) is 5.11 Å². The molecular formula is C16H18N2O4. The third kappa shape index (κ3) is 3.01. The summed E-state index contributed by atoms with van der Waals surface area (Å²) in [4.78, 5) is 35.9. The van der Waals surface area contributed by atoms with Crippen molar-refractivity contribution in [2.24, 2.45) is 0 Å². The molecule has 6 nitrogen and oxygen atoms in total. The molecule has 0 aliphatic carbocycles. The summed E-state index contributed by atoms with van der Waals surface area (Å²) in [5.41, 5.74) is 3.22. The molecule has 22 heavy (non-hydrogen) atoms. The lowest BCUT2D eigenvalue weighted by Crippen LogP contribution is -2.39. The molecule has 2 N–H and O–H groups in total. The van der Waals surface area contributed by atoms with Gasteiger partial charge in [0.1, 0.15) is 0 Å². The molecule has 1 fully saturated rings. The second-order valence-corrected chi connectivity index (χ2v) is 5.89. The van der Waals surface area contributed by atoms with Gasteiger partial charge in [0, 0.05) is 19.5 Å². The van der Waals surface area contributed by atoms with Crippen molar-refractivity contribution < 1.29 is 19.5 Å². The average molecular weight is 302 g/mol. The van der Waals surface area contributed by atoms with Gasteiger partial charge in [-0.3, -0.25) is 24.6 Å². The van der Waals surface area contributed by atoms with Crippen LogP contribution in [-0.2, 0) is 27.3 Å². The monoisotopic (exact) mass is 302 g/mol. The van der Waals surface area contributed by atoms with E-state index < -0.39 is 5.97 Å². The maximum absolute atomic E-state index is 11.9. The first kappa shape index (κ1) is 14.7. The summed E-state index contributed by atoms with van der Waals surface area (Å²) in [7, 11) is 0. The van der Waals surface area contributed by atoms with Crippen LogP contribution in [-0.4, -0.2) is 40.9 Å². The molecule has 1 aromatic carbocycles. The number of carboxylic acid groups (broad SMARTS) is 1. The summed E-state index contributed by atoms with van der Waals surface area (Å²) in [5, 5.41) is 11.3. The van der Waals surface area contributed by atoms with Gasteiger partial charge in [0.05, 0.1) is 12.5 Å². The quantitative estimate of drug-likeness (QED) is 0.801. The Bertz CT molecular complexity index is 641. The molecule has 0 saturated carbocycles. The summed E-state index contributed by atoms with van der Waals surface area (Å²) in [6.07, 6.45) is 1.71. The number of aliphatic carboxylic acids is 1. The maximum atomic E-state index is 11.9. The zero-order valence-corrected chi connectivity index (χ0v) is 12.2. The highest BCUT2D eigenvalue weighted by atomic mass is 16.4. The molecule has 1 saturated heterocycles. The van der Waals surface area contributed by atoms with Crippen LogP contribution in [0.1, 0.15) is 35.4 Å². The SMILES string of the molecule is O=C(O)CN1CCc2cc([C@H]3CCC(=O)NC3=O)ccc2C1. The van der Waals surface area contributed by atoms with Gasteiger partial charge in [0.25, 0.3) is 0 Å². The Balaban J connectivity index is 1.76. The van der Waals surface area contributed by atoms with Crippen LogP contribution in [0.15, 0.2) is 18.2 Å². The molecule has 2 aliphatic rings. The molecule has 0 aromatic heterocycles. The van der Waals surface area contributed by atoms with Crippen molar-refractivity contribution in [3.63, 3.8) is 0 Å². The van der Waals surface area contributed by atoms with Gasteiger partial charge < -0.3 is 5.11 Å². The molecule has 3 rings (SSSR count). The van der Waals surface area contributed by atoms with Gasteiger partial charge in [0.15, 0.2) is 0 Å². The van der Waals surface area contributed by atoms with E-state index in [-0.39, 0.29) is 24.3 Å². The van der Waals surface area contributed by atoms with E-state index in [1.165, 1.54) is 5.56 Å². The van der Waals surface area contributed by atoms with E-state index in [1.54, 1.807) is 0 Å². The Labute approximate surface area is 128 Å². The number of imide groups is 1. The highest BCUT2D eigenvalue weighted by molar-refractivity contribution is 6.00. The summed E-state index contributed by atoms with van der Waals surface area (Å²) >= 11 is 0. The van der Waals surface area contributed by atoms with Gasteiger partial charge in [-0.2, -0.15) is 0 Å². The number of hydrogen-bond acceptors (Lipinski definition) is 4. The lowest BCUT2D eigenvalue weighted by molar-refractivity contribution is -0.138. The number of carboxylic acids is 1. The van der Waals surface area contributed by atoms with Crippen LogP contribution in [0.2, 0.25) is 0 Å². The number of rotatable bonds is 3. The lowest BCUT2D eigenvalue weighted by atomic mass is 9.87. The van der Waals surface area contributed by atoms with Crippen LogP contribution in [0.4, 0.5) is 0 Å². The average Bonchev–Trinajstić information content (AvgIpc) is 2.46. The normalized spacial score (nSPS) is 22.1. The Kier molecular flexibility index (Phi) is 3.94. The van der Waals surface area contributed by atoms with E-state index in [0.717, 1.165) is 17.5 Å². The first-order valence-electron chi connectivity index (χ1n) is 7.42. The van der Waals surface area contributed by atoms with Crippen molar-refractivity contribution in [2.75, 3.05) is 13.1 Å². The number of nitrogens with one attached hydrogen (secondary N) is 1. The van der Waals surface area contributed by atoms with Gasteiger partial charge in [-0.05, 0) is 29.5 Å². The van der Waals surface area contributed by atoms with E-state index >= 15 is 0 Å². The van der Waals surface area contributed by atoms with Crippen molar-refractivity contribution in [1.29, 1.82) is 0 Å². The molecule has 0 bridgehead atoms. The lowest BCUT2D eigenvalue weighted by Gasteiger charge is -2.29. The van der Waals surface area contributed by atoms with Crippen molar-refractivity contribution in [1.82, 2.24) is 10.2 Å². The Morgan fingerprint density at radius 3 is 2.82 bits per heavy atom. The standard InChI is InChI=1S/C16H18N2O4/c19-14-4-3-13(16(22)17-14)11-1-2-12-8-18(9-15(20)21)6-5-10(12)7-11/h1-2,7,13H,3-6,8-9H2,(H,20,21)(H,17,19,22)/t13-/m1/s1. The van der Waals surface area contributed by atoms with Crippen molar-refractivity contribution >= 4 is 17.8 Å². The van der Waals surface area contributed by atoms with Crippen molar-refractivity contribution in [3.05, 3.63) is 34.9 Å². The first-order valence-corrected chi connectivity index (χ1v) is 7.42. The smallest absolute Gasteiger partial charge is 0.317 e. The topological polar surface area (TPSA) is 86.7 Å². The fourth-order valence-corrected chi connectivity index (χ4v) is 3.19.